The minimum absolute atomic E-state index is 0.0485. The maximum Gasteiger partial charge on any atom is 0.232 e. The van der Waals surface area contributed by atoms with Gasteiger partial charge in [-0.2, -0.15) is 0 Å². The van der Waals surface area contributed by atoms with E-state index in [1.165, 1.54) is 18.9 Å². The second-order valence-electron chi connectivity index (χ2n) is 8.13. The van der Waals surface area contributed by atoms with Crippen molar-refractivity contribution >= 4 is 55.8 Å². The van der Waals surface area contributed by atoms with Crippen LogP contribution in [0.3, 0.4) is 0 Å². The van der Waals surface area contributed by atoms with Crippen LogP contribution in [0.1, 0.15) is 36.3 Å². The minimum atomic E-state index is -3.57. The Labute approximate surface area is 192 Å². The minimum Gasteiger partial charge on any atom is -0.382 e. The second-order valence-corrected chi connectivity index (χ2v) is 10.8. The molecule has 2 aromatic heterocycles. The first-order valence-electron chi connectivity index (χ1n) is 10.2. The normalized spacial score (nSPS) is 14.3. The number of anilines is 2. The molecule has 1 saturated carbocycles. The summed E-state index contributed by atoms with van der Waals surface area (Å²) in [5.74, 6) is 1.96. The van der Waals surface area contributed by atoms with Gasteiger partial charge in [0.05, 0.1) is 22.0 Å². The molecule has 0 aliphatic heterocycles. The summed E-state index contributed by atoms with van der Waals surface area (Å²) in [6.07, 6.45) is 3.70. The fraction of sp³-hybridized carbons (Fsp3) is 0.429. The zero-order valence-electron chi connectivity index (χ0n) is 17.5. The Morgan fingerprint density at radius 1 is 1.23 bits per heavy atom. The highest BCUT2D eigenvalue weighted by Gasteiger charge is 2.26. The highest BCUT2D eigenvalue weighted by Crippen LogP contribution is 2.35. The number of rotatable bonds is 8. The van der Waals surface area contributed by atoms with Crippen LogP contribution in [0.15, 0.2) is 18.2 Å². The fourth-order valence-corrected chi connectivity index (χ4v) is 5.36. The highest BCUT2D eigenvalue weighted by molar-refractivity contribution is 7.92. The second kappa shape index (κ2) is 8.48. The Hall–Kier alpha value is -2.03. The summed E-state index contributed by atoms with van der Waals surface area (Å²) in [6, 6.07) is 4.66. The van der Waals surface area contributed by atoms with Crippen molar-refractivity contribution in [2.24, 2.45) is 5.92 Å². The van der Waals surface area contributed by atoms with E-state index >= 15 is 0 Å². The zero-order valence-corrected chi connectivity index (χ0v) is 19.8. The van der Waals surface area contributed by atoms with Gasteiger partial charge in [0.15, 0.2) is 5.82 Å². The molecule has 0 amide bonds. The molecule has 7 nitrogen and oxygen atoms in total. The molecular formula is C21H25Cl2N5O2S. The summed E-state index contributed by atoms with van der Waals surface area (Å²) in [6.45, 7) is 4.45. The average molecular weight is 482 g/mol. The molecule has 0 radical (unpaired) electrons. The molecule has 1 aliphatic carbocycles. The van der Waals surface area contributed by atoms with Gasteiger partial charge in [-0.15, -0.1) is 0 Å². The summed E-state index contributed by atoms with van der Waals surface area (Å²) in [4.78, 5) is 9.18. The van der Waals surface area contributed by atoms with Crippen molar-refractivity contribution in [2.75, 3.05) is 16.2 Å². The van der Waals surface area contributed by atoms with Crippen LogP contribution in [0.2, 0.25) is 10.0 Å². The monoisotopic (exact) mass is 481 g/mol. The third kappa shape index (κ3) is 4.91. The van der Waals surface area contributed by atoms with E-state index in [-0.39, 0.29) is 10.8 Å². The van der Waals surface area contributed by atoms with Crippen molar-refractivity contribution < 1.29 is 8.42 Å². The molecular weight excluding hydrogens is 457 g/mol. The van der Waals surface area contributed by atoms with E-state index in [2.05, 4.69) is 14.3 Å². The molecule has 4 rings (SSSR count). The molecule has 2 heterocycles. The van der Waals surface area contributed by atoms with E-state index in [1.807, 2.05) is 13.8 Å². The number of aryl methyl sites for hydroxylation is 3. The molecule has 1 aromatic carbocycles. The Kier molecular flexibility index (Phi) is 6.07. The van der Waals surface area contributed by atoms with E-state index in [4.69, 9.17) is 33.9 Å². The van der Waals surface area contributed by atoms with Crippen LogP contribution in [-0.4, -0.2) is 28.7 Å². The van der Waals surface area contributed by atoms with Crippen LogP contribution in [0.4, 0.5) is 11.5 Å². The number of hydrogen-bond donors (Lipinski definition) is 2. The van der Waals surface area contributed by atoms with Gasteiger partial charge in [0.1, 0.15) is 11.3 Å². The molecule has 0 atom stereocenters. The summed E-state index contributed by atoms with van der Waals surface area (Å²) in [5.41, 5.74) is 10.00. The number of benzene rings is 1. The smallest absolute Gasteiger partial charge is 0.232 e. The van der Waals surface area contributed by atoms with Gasteiger partial charge >= 0.3 is 0 Å². The highest BCUT2D eigenvalue weighted by atomic mass is 35.5. The Morgan fingerprint density at radius 2 is 1.97 bits per heavy atom. The van der Waals surface area contributed by atoms with Crippen LogP contribution in [-0.2, 0) is 23.0 Å². The molecule has 0 spiro atoms. The molecule has 0 bridgehead atoms. The first-order chi connectivity index (χ1) is 14.6. The fourth-order valence-electron chi connectivity index (χ4n) is 3.73. The molecule has 166 valence electrons. The van der Waals surface area contributed by atoms with Gasteiger partial charge in [0.25, 0.3) is 0 Å². The van der Waals surface area contributed by atoms with Crippen LogP contribution in [0, 0.1) is 19.8 Å². The van der Waals surface area contributed by atoms with Crippen molar-refractivity contribution in [3.05, 3.63) is 45.3 Å². The summed E-state index contributed by atoms with van der Waals surface area (Å²) in [7, 11) is -3.57. The van der Waals surface area contributed by atoms with Crippen molar-refractivity contribution in [1.82, 2.24) is 14.5 Å². The lowest BCUT2D eigenvalue weighted by Crippen LogP contribution is -2.19. The van der Waals surface area contributed by atoms with Gasteiger partial charge < -0.3 is 10.3 Å². The number of nitrogens with two attached hydrogens (primary N) is 1. The van der Waals surface area contributed by atoms with Gasteiger partial charge in [-0.25, -0.2) is 18.4 Å². The number of sulfonamides is 1. The molecule has 3 aromatic rings. The first-order valence-corrected chi connectivity index (χ1v) is 12.6. The number of halogens is 2. The predicted molar refractivity (Wildman–Crippen MR) is 126 cm³/mol. The third-order valence-electron chi connectivity index (χ3n) is 5.63. The van der Waals surface area contributed by atoms with Gasteiger partial charge in [-0.1, -0.05) is 23.2 Å². The molecule has 1 aliphatic rings. The summed E-state index contributed by atoms with van der Waals surface area (Å²) >= 11 is 12.0. The number of aromatic nitrogens is 3. The lowest BCUT2D eigenvalue weighted by molar-refractivity contribution is 0.587. The molecule has 1 fully saturated rings. The van der Waals surface area contributed by atoms with E-state index < -0.39 is 10.0 Å². The van der Waals surface area contributed by atoms with Gasteiger partial charge in [-0.05, 0) is 62.8 Å². The lowest BCUT2D eigenvalue weighted by Gasteiger charge is -2.13. The largest absolute Gasteiger partial charge is 0.382 e. The van der Waals surface area contributed by atoms with E-state index in [0.29, 0.717) is 40.9 Å². The standard InChI is InChI=1S/C21H25Cl2N5O2S/c1-12-13(2)25-21(24)19-20(12)28(18(26-19)10-14-4-5-14)8-3-9-31(29,30)27-17-7-6-15(22)11-16(17)23/h6-7,11,14,27H,3-5,8-10H2,1-2H3,(H2,24,25). The molecule has 10 heteroatoms. The Morgan fingerprint density at radius 3 is 2.65 bits per heavy atom. The SMILES string of the molecule is Cc1nc(N)c2nc(CC3CC3)n(CCCS(=O)(=O)Nc3ccc(Cl)cc3Cl)c2c1C. The number of hydrogen-bond acceptors (Lipinski definition) is 5. The number of fused-ring (bicyclic) bond motifs is 1. The Balaban J connectivity index is 1.55. The van der Waals surface area contributed by atoms with Crippen molar-refractivity contribution in [1.29, 1.82) is 0 Å². The number of nitrogens with one attached hydrogen (secondary N) is 1. The molecule has 31 heavy (non-hydrogen) atoms. The van der Waals surface area contributed by atoms with Crippen LogP contribution < -0.4 is 10.5 Å². The average Bonchev–Trinajstić information content (AvgIpc) is 3.43. The van der Waals surface area contributed by atoms with E-state index in [1.54, 1.807) is 12.1 Å². The predicted octanol–water partition coefficient (Wildman–Crippen LogP) is 4.72. The van der Waals surface area contributed by atoms with Gasteiger partial charge in [0, 0.05) is 23.7 Å². The lowest BCUT2D eigenvalue weighted by atomic mass is 10.2. The molecule has 0 unspecified atom stereocenters. The number of imidazole rings is 1. The summed E-state index contributed by atoms with van der Waals surface area (Å²) < 4.78 is 29.9. The maximum atomic E-state index is 12.6. The Bertz CT molecular complexity index is 1250. The number of pyridine rings is 1. The summed E-state index contributed by atoms with van der Waals surface area (Å²) in [5, 5.41) is 0.708. The van der Waals surface area contributed by atoms with Crippen LogP contribution in [0.25, 0.3) is 11.0 Å². The van der Waals surface area contributed by atoms with Crippen LogP contribution >= 0.6 is 23.2 Å². The van der Waals surface area contributed by atoms with Crippen LogP contribution in [0.5, 0.6) is 0 Å². The quantitative estimate of drug-likeness (QED) is 0.484. The number of nitrogen functional groups attached to an aromatic ring is 1. The van der Waals surface area contributed by atoms with E-state index in [9.17, 15) is 8.42 Å². The third-order valence-corrected chi connectivity index (χ3v) is 7.54. The topological polar surface area (TPSA) is 103 Å². The number of nitrogens with zero attached hydrogens (tertiary/aromatic N) is 3. The van der Waals surface area contributed by atoms with Gasteiger partial charge in [-0.3, -0.25) is 4.72 Å². The van der Waals surface area contributed by atoms with Crippen molar-refractivity contribution in [3.8, 4) is 0 Å². The van der Waals surface area contributed by atoms with E-state index in [0.717, 1.165) is 29.0 Å². The first kappa shape index (κ1) is 22.2. The maximum absolute atomic E-state index is 12.6. The molecule has 3 N–H and O–H groups in total. The molecule has 0 saturated heterocycles. The zero-order chi connectivity index (χ0) is 22.3. The van der Waals surface area contributed by atoms with Gasteiger partial charge in [0.2, 0.25) is 10.0 Å². The van der Waals surface area contributed by atoms with Crippen molar-refractivity contribution in [3.63, 3.8) is 0 Å². The van der Waals surface area contributed by atoms with Crippen molar-refractivity contribution in [2.45, 2.75) is 46.1 Å².